The van der Waals surface area contributed by atoms with Gasteiger partial charge in [0.2, 0.25) is 5.91 Å². The van der Waals surface area contributed by atoms with Gasteiger partial charge in [-0.05, 0) is 24.1 Å². The molecule has 0 fully saturated rings. The molecule has 0 spiro atoms. The van der Waals surface area contributed by atoms with Crippen LogP contribution in [0.1, 0.15) is 30.6 Å². The zero-order valence-corrected chi connectivity index (χ0v) is 12.4. The van der Waals surface area contributed by atoms with Crippen molar-refractivity contribution in [1.29, 1.82) is 0 Å². The summed E-state index contributed by atoms with van der Waals surface area (Å²) in [5.41, 5.74) is 6.13. The zero-order chi connectivity index (χ0) is 14.6. The van der Waals surface area contributed by atoms with E-state index in [1.54, 1.807) is 12.1 Å². The fraction of sp³-hybridized carbons (Fsp3) is 0.385. The predicted molar refractivity (Wildman–Crippen MR) is 77.2 cm³/mol. The summed E-state index contributed by atoms with van der Waals surface area (Å²) in [6, 6.07) is 4.42. The van der Waals surface area contributed by atoms with E-state index in [0.717, 1.165) is 0 Å². The largest absolute Gasteiger partial charge is 0.478 e. The lowest BCUT2D eigenvalue weighted by atomic mass is 10.0. The van der Waals surface area contributed by atoms with Gasteiger partial charge >= 0.3 is 5.97 Å². The van der Waals surface area contributed by atoms with Crippen LogP contribution in [-0.2, 0) is 4.79 Å². The maximum atomic E-state index is 11.8. The number of carbonyl (C=O) groups is 2. The van der Waals surface area contributed by atoms with Crippen LogP contribution in [0, 0.1) is 5.92 Å². The number of hydrogen-bond acceptors (Lipinski definition) is 3. The van der Waals surface area contributed by atoms with Crippen LogP contribution in [-0.4, -0.2) is 23.0 Å². The number of halogens is 1. The molecule has 0 radical (unpaired) electrons. The molecule has 0 bridgehead atoms. The summed E-state index contributed by atoms with van der Waals surface area (Å²) in [4.78, 5) is 22.9. The second kappa shape index (κ2) is 6.68. The van der Waals surface area contributed by atoms with Crippen molar-refractivity contribution < 1.29 is 14.7 Å². The topological polar surface area (TPSA) is 92.4 Å². The quantitative estimate of drug-likeness (QED) is 0.774. The van der Waals surface area contributed by atoms with E-state index >= 15 is 0 Å². The first-order valence-corrected chi connectivity index (χ1v) is 6.69. The molecule has 1 atom stereocenters. The van der Waals surface area contributed by atoms with Crippen molar-refractivity contribution in [2.24, 2.45) is 11.7 Å². The van der Waals surface area contributed by atoms with Gasteiger partial charge in [0.05, 0.1) is 11.3 Å². The Bertz CT molecular complexity index is 489. The Morgan fingerprint density at radius 1 is 1.42 bits per heavy atom. The SMILES string of the molecule is CC(C)C(N)CC(=O)Nc1ccc(Br)cc1C(=O)O. The van der Waals surface area contributed by atoms with Crippen molar-refractivity contribution in [3.05, 3.63) is 28.2 Å². The molecule has 0 saturated heterocycles. The number of benzene rings is 1. The third-order valence-corrected chi connectivity index (χ3v) is 3.26. The Morgan fingerprint density at radius 3 is 2.58 bits per heavy atom. The average Bonchev–Trinajstić information content (AvgIpc) is 2.30. The van der Waals surface area contributed by atoms with E-state index in [1.165, 1.54) is 6.07 Å². The normalized spacial score (nSPS) is 12.3. The maximum Gasteiger partial charge on any atom is 0.337 e. The minimum Gasteiger partial charge on any atom is -0.478 e. The van der Waals surface area contributed by atoms with Crippen LogP contribution in [0.25, 0.3) is 0 Å². The second-order valence-electron chi connectivity index (χ2n) is 4.66. The molecular weight excluding hydrogens is 312 g/mol. The number of carboxylic acid groups (broad SMARTS) is 1. The highest BCUT2D eigenvalue weighted by Gasteiger charge is 2.16. The fourth-order valence-corrected chi connectivity index (χ4v) is 1.81. The number of amides is 1. The van der Waals surface area contributed by atoms with Gasteiger partial charge in [-0.3, -0.25) is 4.79 Å². The van der Waals surface area contributed by atoms with Crippen molar-refractivity contribution in [3.63, 3.8) is 0 Å². The molecular formula is C13H17BrN2O3. The van der Waals surface area contributed by atoms with Crippen molar-refractivity contribution in [2.75, 3.05) is 5.32 Å². The molecule has 1 aromatic rings. The van der Waals surface area contributed by atoms with Crippen molar-refractivity contribution in [3.8, 4) is 0 Å². The molecule has 0 saturated carbocycles. The smallest absolute Gasteiger partial charge is 0.337 e. The molecule has 6 heteroatoms. The summed E-state index contributed by atoms with van der Waals surface area (Å²) < 4.78 is 0.641. The van der Waals surface area contributed by atoms with E-state index in [2.05, 4.69) is 21.2 Å². The Morgan fingerprint density at radius 2 is 2.05 bits per heavy atom. The van der Waals surface area contributed by atoms with Crippen LogP contribution in [0.4, 0.5) is 5.69 Å². The van der Waals surface area contributed by atoms with Gasteiger partial charge in [0.25, 0.3) is 0 Å². The van der Waals surface area contributed by atoms with Crippen LogP contribution in [0.5, 0.6) is 0 Å². The van der Waals surface area contributed by atoms with Crippen LogP contribution >= 0.6 is 15.9 Å². The highest BCUT2D eigenvalue weighted by Crippen LogP contribution is 2.21. The Balaban J connectivity index is 2.82. The summed E-state index contributed by atoms with van der Waals surface area (Å²) in [5.74, 6) is -1.19. The number of nitrogens with two attached hydrogens (primary N) is 1. The number of rotatable bonds is 5. The van der Waals surface area contributed by atoms with Crippen LogP contribution in [0.3, 0.4) is 0 Å². The molecule has 0 aromatic heterocycles. The van der Waals surface area contributed by atoms with Crippen molar-refractivity contribution in [2.45, 2.75) is 26.3 Å². The molecule has 0 heterocycles. The number of hydrogen-bond donors (Lipinski definition) is 3. The van der Waals surface area contributed by atoms with E-state index in [9.17, 15) is 9.59 Å². The summed E-state index contributed by atoms with van der Waals surface area (Å²) in [6.45, 7) is 3.86. The van der Waals surface area contributed by atoms with Gasteiger partial charge in [-0.2, -0.15) is 0 Å². The molecule has 1 aromatic carbocycles. The van der Waals surface area contributed by atoms with Crippen molar-refractivity contribution in [1.82, 2.24) is 0 Å². The summed E-state index contributed by atoms with van der Waals surface area (Å²) in [5, 5.41) is 11.7. The number of aromatic carboxylic acids is 1. The number of nitrogens with one attached hydrogen (secondary N) is 1. The molecule has 19 heavy (non-hydrogen) atoms. The molecule has 104 valence electrons. The average molecular weight is 329 g/mol. The minimum atomic E-state index is -1.09. The van der Waals surface area contributed by atoms with Crippen LogP contribution in [0.15, 0.2) is 22.7 Å². The molecule has 1 rings (SSSR count). The van der Waals surface area contributed by atoms with E-state index in [1.807, 2.05) is 13.8 Å². The van der Waals surface area contributed by atoms with Gasteiger partial charge in [0.1, 0.15) is 0 Å². The lowest BCUT2D eigenvalue weighted by molar-refractivity contribution is -0.116. The maximum absolute atomic E-state index is 11.8. The highest BCUT2D eigenvalue weighted by molar-refractivity contribution is 9.10. The van der Waals surface area contributed by atoms with Crippen LogP contribution in [0.2, 0.25) is 0 Å². The van der Waals surface area contributed by atoms with E-state index in [0.29, 0.717) is 4.47 Å². The van der Waals surface area contributed by atoms with Gasteiger partial charge in [-0.15, -0.1) is 0 Å². The van der Waals surface area contributed by atoms with E-state index in [-0.39, 0.29) is 35.5 Å². The van der Waals surface area contributed by atoms with Gasteiger partial charge in [-0.25, -0.2) is 4.79 Å². The predicted octanol–water partition coefficient (Wildman–Crippen LogP) is 2.46. The van der Waals surface area contributed by atoms with Gasteiger partial charge in [0, 0.05) is 16.9 Å². The summed E-state index contributed by atoms with van der Waals surface area (Å²) >= 11 is 3.19. The molecule has 0 aliphatic rings. The molecule has 1 unspecified atom stereocenters. The van der Waals surface area contributed by atoms with Gasteiger partial charge < -0.3 is 16.2 Å². The third-order valence-electron chi connectivity index (χ3n) is 2.76. The number of carboxylic acids is 1. The third kappa shape index (κ3) is 4.65. The first kappa shape index (κ1) is 15.7. The minimum absolute atomic E-state index is 0.0424. The monoisotopic (exact) mass is 328 g/mol. The first-order valence-electron chi connectivity index (χ1n) is 5.89. The second-order valence-corrected chi connectivity index (χ2v) is 5.57. The van der Waals surface area contributed by atoms with E-state index in [4.69, 9.17) is 10.8 Å². The zero-order valence-electron chi connectivity index (χ0n) is 10.8. The van der Waals surface area contributed by atoms with Crippen molar-refractivity contribution >= 4 is 33.5 Å². The first-order chi connectivity index (χ1) is 8.81. The molecule has 0 aliphatic carbocycles. The summed E-state index contributed by atoms with van der Waals surface area (Å²) in [6.07, 6.45) is 0.160. The molecule has 4 N–H and O–H groups in total. The summed E-state index contributed by atoms with van der Waals surface area (Å²) in [7, 11) is 0. The van der Waals surface area contributed by atoms with Gasteiger partial charge in [-0.1, -0.05) is 29.8 Å². The van der Waals surface area contributed by atoms with Crippen LogP contribution < -0.4 is 11.1 Å². The van der Waals surface area contributed by atoms with Gasteiger partial charge in [0.15, 0.2) is 0 Å². The standard InChI is InChI=1S/C13H17BrN2O3/c1-7(2)10(15)6-12(17)16-11-4-3-8(14)5-9(11)13(18)19/h3-5,7,10H,6,15H2,1-2H3,(H,16,17)(H,18,19). The lowest BCUT2D eigenvalue weighted by Crippen LogP contribution is -2.31. The highest BCUT2D eigenvalue weighted by atomic mass is 79.9. The lowest BCUT2D eigenvalue weighted by Gasteiger charge is -2.15. The Kier molecular flexibility index (Phi) is 5.50. The fourth-order valence-electron chi connectivity index (χ4n) is 1.45. The Hall–Kier alpha value is -1.40. The Labute approximate surface area is 120 Å². The van der Waals surface area contributed by atoms with E-state index < -0.39 is 5.97 Å². The molecule has 5 nitrogen and oxygen atoms in total. The molecule has 1 amide bonds. The number of carbonyl (C=O) groups excluding carboxylic acids is 1. The molecule has 0 aliphatic heterocycles. The number of anilines is 1.